The van der Waals surface area contributed by atoms with Gasteiger partial charge in [0.25, 0.3) is 5.91 Å². The minimum atomic E-state index is -0.294. The summed E-state index contributed by atoms with van der Waals surface area (Å²) in [5.74, 6) is 0.953. The molecular weight excluding hydrogens is 368 g/mol. The molecule has 150 valence electrons. The molecule has 3 aromatic rings. The second kappa shape index (κ2) is 8.49. The predicted octanol–water partition coefficient (Wildman–Crippen LogP) is 3.91. The average Bonchev–Trinajstić information content (AvgIpc) is 3.22. The molecule has 0 radical (unpaired) electrons. The number of amides is 1. The van der Waals surface area contributed by atoms with E-state index >= 15 is 0 Å². The van der Waals surface area contributed by atoms with Crippen LogP contribution in [-0.2, 0) is 17.8 Å². The SMILES string of the molecule is Cc1ccc(OCc2cc(C(=O)NC[C@@H]3OCCc4ccccc43)no2)cc1C. The molecule has 0 saturated carbocycles. The lowest BCUT2D eigenvalue weighted by Gasteiger charge is -2.26. The van der Waals surface area contributed by atoms with Gasteiger partial charge in [0.1, 0.15) is 18.5 Å². The molecule has 0 fully saturated rings. The molecule has 2 aromatic carbocycles. The maximum absolute atomic E-state index is 12.4. The highest BCUT2D eigenvalue weighted by molar-refractivity contribution is 5.92. The number of nitrogens with one attached hydrogen (secondary N) is 1. The Bertz CT molecular complexity index is 1010. The molecule has 6 heteroatoms. The highest BCUT2D eigenvalue weighted by atomic mass is 16.5. The van der Waals surface area contributed by atoms with E-state index in [0.29, 0.717) is 18.9 Å². The van der Waals surface area contributed by atoms with E-state index in [4.69, 9.17) is 14.0 Å². The third-order valence-corrected chi connectivity index (χ3v) is 5.19. The second-order valence-corrected chi connectivity index (χ2v) is 7.23. The molecule has 1 atom stereocenters. The first-order valence-corrected chi connectivity index (χ1v) is 9.73. The summed E-state index contributed by atoms with van der Waals surface area (Å²) in [5, 5.41) is 6.74. The van der Waals surface area contributed by atoms with Crippen molar-refractivity contribution < 1.29 is 18.8 Å². The minimum absolute atomic E-state index is 0.150. The number of rotatable bonds is 6. The molecule has 0 saturated heterocycles. The van der Waals surface area contributed by atoms with E-state index in [9.17, 15) is 4.79 Å². The Morgan fingerprint density at radius 2 is 2.03 bits per heavy atom. The van der Waals surface area contributed by atoms with Crippen LogP contribution in [0.2, 0.25) is 0 Å². The fraction of sp³-hybridized carbons (Fsp3) is 0.304. The quantitative estimate of drug-likeness (QED) is 0.688. The van der Waals surface area contributed by atoms with Gasteiger partial charge in [-0.3, -0.25) is 4.79 Å². The average molecular weight is 392 g/mol. The summed E-state index contributed by atoms with van der Waals surface area (Å²) in [5.41, 5.74) is 4.99. The third-order valence-electron chi connectivity index (χ3n) is 5.19. The number of aromatic nitrogens is 1. The first-order valence-electron chi connectivity index (χ1n) is 9.73. The first-order chi connectivity index (χ1) is 14.1. The van der Waals surface area contributed by atoms with Gasteiger partial charge in [-0.1, -0.05) is 35.5 Å². The number of hydrogen-bond acceptors (Lipinski definition) is 5. The minimum Gasteiger partial charge on any atom is -0.486 e. The number of benzene rings is 2. The number of carbonyl (C=O) groups excluding carboxylic acids is 1. The van der Waals surface area contributed by atoms with E-state index in [0.717, 1.165) is 23.3 Å². The summed E-state index contributed by atoms with van der Waals surface area (Å²) < 4.78 is 16.8. The number of ether oxygens (including phenoxy) is 2. The van der Waals surface area contributed by atoms with Crippen LogP contribution in [0.5, 0.6) is 5.75 Å². The van der Waals surface area contributed by atoms with Gasteiger partial charge in [0.2, 0.25) is 0 Å². The van der Waals surface area contributed by atoms with Crippen LogP contribution in [-0.4, -0.2) is 24.2 Å². The molecule has 6 nitrogen and oxygen atoms in total. The van der Waals surface area contributed by atoms with Gasteiger partial charge in [-0.15, -0.1) is 0 Å². The van der Waals surface area contributed by atoms with Gasteiger partial charge in [-0.2, -0.15) is 0 Å². The second-order valence-electron chi connectivity index (χ2n) is 7.23. The summed E-state index contributed by atoms with van der Waals surface area (Å²) in [6.07, 6.45) is 0.747. The molecule has 1 aliphatic rings. The van der Waals surface area contributed by atoms with Crippen molar-refractivity contribution in [3.8, 4) is 5.75 Å². The van der Waals surface area contributed by atoms with Crippen LogP contribution in [0.25, 0.3) is 0 Å². The molecule has 2 heterocycles. The van der Waals surface area contributed by atoms with E-state index in [1.807, 2.05) is 43.3 Å². The van der Waals surface area contributed by atoms with Gasteiger partial charge in [-0.25, -0.2) is 0 Å². The molecule has 1 N–H and O–H groups in total. The predicted molar refractivity (Wildman–Crippen MR) is 108 cm³/mol. The van der Waals surface area contributed by atoms with Gasteiger partial charge >= 0.3 is 0 Å². The number of aryl methyl sites for hydroxylation is 2. The summed E-state index contributed by atoms with van der Waals surface area (Å²) in [6, 6.07) is 15.7. The fourth-order valence-corrected chi connectivity index (χ4v) is 3.37. The third kappa shape index (κ3) is 4.49. The van der Waals surface area contributed by atoms with Gasteiger partial charge in [-0.05, 0) is 54.7 Å². The fourth-order valence-electron chi connectivity index (χ4n) is 3.37. The van der Waals surface area contributed by atoms with Crippen LogP contribution < -0.4 is 10.1 Å². The number of carbonyl (C=O) groups is 1. The summed E-state index contributed by atoms with van der Waals surface area (Å²) >= 11 is 0. The Morgan fingerprint density at radius 1 is 1.17 bits per heavy atom. The zero-order valence-corrected chi connectivity index (χ0v) is 16.6. The van der Waals surface area contributed by atoms with E-state index in [2.05, 4.69) is 23.5 Å². The van der Waals surface area contributed by atoms with Gasteiger partial charge in [0.15, 0.2) is 11.5 Å². The lowest BCUT2D eigenvalue weighted by atomic mass is 9.97. The number of fused-ring (bicyclic) bond motifs is 1. The molecule has 0 aliphatic carbocycles. The van der Waals surface area contributed by atoms with E-state index in [1.54, 1.807) is 6.07 Å². The van der Waals surface area contributed by atoms with Crippen LogP contribution in [0.15, 0.2) is 53.1 Å². The largest absolute Gasteiger partial charge is 0.486 e. The van der Waals surface area contributed by atoms with Crippen molar-refractivity contribution in [3.63, 3.8) is 0 Å². The van der Waals surface area contributed by atoms with Crippen molar-refractivity contribution in [1.82, 2.24) is 10.5 Å². The zero-order chi connectivity index (χ0) is 20.2. The molecule has 0 unspecified atom stereocenters. The molecule has 4 rings (SSSR count). The molecule has 29 heavy (non-hydrogen) atoms. The standard InChI is InChI=1S/C23H24N2O4/c1-15-7-8-18(11-16(15)2)28-14-19-12-21(25-29-19)23(26)24-13-22-20-6-4-3-5-17(20)9-10-27-22/h3-8,11-12,22H,9-10,13-14H2,1-2H3,(H,24,26)/t22-/m0/s1. The normalized spacial score (nSPS) is 15.6. The Labute approximate surface area is 169 Å². The van der Waals surface area contributed by atoms with Crippen molar-refractivity contribution in [1.29, 1.82) is 0 Å². The van der Waals surface area contributed by atoms with Crippen molar-refractivity contribution in [2.45, 2.75) is 33.0 Å². The zero-order valence-electron chi connectivity index (χ0n) is 16.6. The van der Waals surface area contributed by atoms with Crippen LogP contribution in [0, 0.1) is 13.8 Å². The molecular formula is C23H24N2O4. The van der Waals surface area contributed by atoms with Gasteiger partial charge in [0, 0.05) is 12.6 Å². The summed E-state index contributed by atoms with van der Waals surface area (Å²) in [7, 11) is 0. The van der Waals surface area contributed by atoms with Crippen molar-refractivity contribution in [3.05, 3.63) is 82.2 Å². The van der Waals surface area contributed by atoms with Crippen molar-refractivity contribution in [2.24, 2.45) is 0 Å². The first kappa shape index (κ1) is 19.2. The Morgan fingerprint density at radius 3 is 2.90 bits per heavy atom. The van der Waals surface area contributed by atoms with Gasteiger partial charge < -0.3 is 19.3 Å². The van der Waals surface area contributed by atoms with Crippen molar-refractivity contribution >= 4 is 5.91 Å². The summed E-state index contributed by atoms with van der Waals surface area (Å²) in [6.45, 7) is 5.34. The Kier molecular flexibility index (Phi) is 5.62. The molecule has 1 amide bonds. The van der Waals surface area contributed by atoms with Crippen LogP contribution in [0.1, 0.15) is 44.6 Å². The van der Waals surface area contributed by atoms with Gasteiger partial charge in [0.05, 0.1) is 6.61 Å². The Balaban J connectivity index is 1.32. The number of nitrogens with zero attached hydrogens (tertiary/aromatic N) is 1. The summed E-state index contributed by atoms with van der Waals surface area (Å²) in [4.78, 5) is 12.4. The highest BCUT2D eigenvalue weighted by Crippen LogP contribution is 2.26. The van der Waals surface area contributed by atoms with Crippen LogP contribution >= 0.6 is 0 Å². The topological polar surface area (TPSA) is 73.6 Å². The maximum atomic E-state index is 12.4. The Hall–Kier alpha value is -3.12. The molecule has 0 bridgehead atoms. The number of hydrogen-bond donors (Lipinski definition) is 1. The monoisotopic (exact) mass is 392 g/mol. The van der Waals surface area contributed by atoms with Crippen LogP contribution in [0.4, 0.5) is 0 Å². The lowest BCUT2D eigenvalue weighted by molar-refractivity contribution is 0.0410. The van der Waals surface area contributed by atoms with E-state index in [1.165, 1.54) is 11.1 Å². The van der Waals surface area contributed by atoms with Crippen molar-refractivity contribution in [2.75, 3.05) is 13.2 Å². The maximum Gasteiger partial charge on any atom is 0.273 e. The smallest absolute Gasteiger partial charge is 0.273 e. The molecule has 0 spiro atoms. The van der Waals surface area contributed by atoms with E-state index in [-0.39, 0.29) is 24.3 Å². The highest BCUT2D eigenvalue weighted by Gasteiger charge is 2.22. The molecule has 1 aromatic heterocycles. The van der Waals surface area contributed by atoms with Crippen LogP contribution in [0.3, 0.4) is 0 Å². The van der Waals surface area contributed by atoms with E-state index < -0.39 is 0 Å². The molecule has 1 aliphatic heterocycles. The lowest BCUT2D eigenvalue weighted by Crippen LogP contribution is -2.32.